The van der Waals surface area contributed by atoms with Gasteiger partial charge in [-0.25, -0.2) is 0 Å². The van der Waals surface area contributed by atoms with Gasteiger partial charge in [-0.15, -0.1) is 0 Å². The molecule has 0 aliphatic rings. The molecule has 3 heteroatoms. The standard InChI is InChI=1S/C17H27NO2/c1-12(10-16(11-18)17(19)20)6-4-8-15-9-5-7-13(2)14(15)3/h5,7,9,12,16H,4,6,8,10-11,18H2,1-3H3,(H,19,20). The van der Waals surface area contributed by atoms with Gasteiger partial charge in [-0.2, -0.15) is 0 Å². The molecule has 0 saturated carbocycles. The Morgan fingerprint density at radius 2 is 2.05 bits per heavy atom. The maximum atomic E-state index is 11.0. The Labute approximate surface area is 122 Å². The fraction of sp³-hybridized carbons (Fsp3) is 0.588. The molecule has 20 heavy (non-hydrogen) atoms. The van der Waals surface area contributed by atoms with Crippen LogP contribution in [0.2, 0.25) is 0 Å². The van der Waals surface area contributed by atoms with E-state index in [0.29, 0.717) is 12.3 Å². The van der Waals surface area contributed by atoms with Gasteiger partial charge in [-0.3, -0.25) is 4.79 Å². The van der Waals surface area contributed by atoms with Gasteiger partial charge in [-0.1, -0.05) is 31.5 Å². The number of hydrogen-bond acceptors (Lipinski definition) is 2. The summed E-state index contributed by atoms with van der Waals surface area (Å²) in [6.45, 7) is 6.66. The Kier molecular flexibility index (Phi) is 6.73. The van der Waals surface area contributed by atoms with Crippen molar-refractivity contribution < 1.29 is 9.90 Å². The van der Waals surface area contributed by atoms with Crippen LogP contribution in [-0.4, -0.2) is 17.6 Å². The van der Waals surface area contributed by atoms with Gasteiger partial charge in [-0.05, 0) is 55.7 Å². The summed E-state index contributed by atoms with van der Waals surface area (Å²) in [6.07, 6.45) is 3.90. The lowest BCUT2D eigenvalue weighted by Gasteiger charge is -2.16. The molecule has 0 heterocycles. The predicted octanol–water partition coefficient (Wildman–Crippen LogP) is 3.31. The topological polar surface area (TPSA) is 63.3 Å². The molecule has 0 fully saturated rings. The zero-order valence-electron chi connectivity index (χ0n) is 12.9. The van der Waals surface area contributed by atoms with E-state index in [2.05, 4.69) is 39.0 Å². The molecule has 0 radical (unpaired) electrons. The van der Waals surface area contributed by atoms with E-state index < -0.39 is 11.9 Å². The van der Waals surface area contributed by atoms with Crippen LogP contribution in [0.1, 0.15) is 42.9 Å². The molecule has 1 aromatic rings. The van der Waals surface area contributed by atoms with Crippen LogP contribution in [0.25, 0.3) is 0 Å². The van der Waals surface area contributed by atoms with Gasteiger partial charge < -0.3 is 10.8 Å². The molecule has 2 unspecified atom stereocenters. The lowest BCUT2D eigenvalue weighted by molar-refractivity contribution is -0.141. The summed E-state index contributed by atoms with van der Waals surface area (Å²) in [5.41, 5.74) is 9.62. The Morgan fingerprint density at radius 1 is 1.35 bits per heavy atom. The minimum atomic E-state index is -0.770. The van der Waals surface area contributed by atoms with Crippen LogP contribution < -0.4 is 5.73 Å². The van der Waals surface area contributed by atoms with Gasteiger partial charge in [0.2, 0.25) is 0 Å². The Balaban J connectivity index is 2.40. The highest BCUT2D eigenvalue weighted by molar-refractivity contribution is 5.70. The van der Waals surface area contributed by atoms with E-state index in [9.17, 15) is 4.79 Å². The SMILES string of the molecule is Cc1cccc(CCCC(C)CC(CN)C(=O)O)c1C. The van der Waals surface area contributed by atoms with E-state index in [-0.39, 0.29) is 6.54 Å². The highest BCUT2D eigenvalue weighted by Crippen LogP contribution is 2.20. The number of aryl methyl sites for hydroxylation is 2. The molecule has 3 nitrogen and oxygen atoms in total. The molecule has 2 atom stereocenters. The van der Waals surface area contributed by atoms with Crippen LogP contribution in [0.15, 0.2) is 18.2 Å². The molecule has 0 spiro atoms. The van der Waals surface area contributed by atoms with Crippen molar-refractivity contribution >= 4 is 5.97 Å². The lowest BCUT2D eigenvalue weighted by atomic mass is 9.90. The fourth-order valence-electron chi connectivity index (χ4n) is 2.63. The van der Waals surface area contributed by atoms with Crippen LogP contribution in [0.4, 0.5) is 0 Å². The highest BCUT2D eigenvalue weighted by atomic mass is 16.4. The van der Waals surface area contributed by atoms with Crippen LogP contribution in [0.3, 0.4) is 0 Å². The monoisotopic (exact) mass is 277 g/mol. The first-order valence-electron chi connectivity index (χ1n) is 7.43. The predicted molar refractivity (Wildman–Crippen MR) is 82.8 cm³/mol. The zero-order chi connectivity index (χ0) is 15.1. The first-order chi connectivity index (χ1) is 9.45. The molecule has 3 N–H and O–H groups in total. The maximum absolute atomic E-state index is 11.0. The van der Waals surface area contributed by atoms with Crippen molar-refractivity contribution in [2.45, 2.75) is 46.5 Å². The minimum Gasteiger partial charge on any atom is -0.481 e. The summed E-state index contributed by atoms with van der Waals surface area (Å²) in [5.74, 6) is -0.760. The number of aliphatic carboxylic acids is 1. The smallest absolute Gasteiger partial charge is 0.307 e. The molecule has 0 bridgehead atoms. The van der Waals surface area contributed by atoms with Crippen molar-refractivity contribution in [2.24, 2.45) is 17.6 Å². The summed E-state index contributed by atoms with van der Waals surface area (Å²) in [5, 5.41) is 9.01. The van der Waals surface area contributed by atoms with E-state index >= 15 is 0 Å². The second-order valence-corrected chi connectivity index (χ2v) is 5.86. The van der Waals surface area contributed by atoms with Gasteiger partial charge in [0.1, 0.15) is 0 Å². The van der Waals surface area contributed by atoms with E-state index in [1.165, 1.54) is 16.7 Å². The number of carbonyl (C=O) groups is 1. The second kappa shape index (κ2) is 8.05. The molecule has 0 aliphatic carbocycles. The van der Waals surface area contributed by atoms with E-state index in [1.807, 2.05) is 0 Å². The largest absolute Gasteiger partial charge is 0.481 e. The third kappa shape index (κ3) is 4.97. The molecule has 1 aromatic carbocycles. The minimum absolute atomic E-state index is 0.233. The molecule has 0 saturated heterocycles. The Hall–Kier alpha value is -1.35. The van der Waals surface area contributed by atoms with Gasteiger partial charge >= 0.3 is 5.97 Å². The third-order valence-corrected chi connectivity index (χ3v) is 4.18. The molecular formula is C17H27NO2. The van der Waals surface area contributed by atoms with E-state index in [1.54, 1.807) is 0 Å². The first kappa shape index (κ1) is 16.7. The summed E-state index contributed by atoms with van der Waals surface area (Å²) in [6, 6.07) is 6.43. The quantitative estimate of drug-likeness (QED) is 0.766. The van der Waals surface area contributed by atoms with Gasteiger partial charge in [0.25, 0.3) is 0 Å². The van der Waals surface area contributed by atoms with Crippen molar-refractivity contribution in [3.63, 3.8) is 0 Å². The average Bonchev–Trinajstić information content (AvgIpc) is 2.40. The molecule has 0 amide bonds. The molecule has 0 aromatic heterocycles. The van der Waals surface area contributed by atoms with Crippen molar-refractivity contribution in [3.8, 4) is 0 Å². The second-order valence-electron chi connectivity index (χ2n) is 5.86. The van der Waals surface area contributed by atoms with Gasteiger partial charge in [0, 0.05) is 6.54 Å². The van der Waals surface area contributed by atoms with Crippen LogP contribution in [-0.2, 0) is 11.2 Å². The third-order valence-electron chi connectivity index (χ3n) is 4.18. The number of nitrogens with two attached hydrogens (primary N) is 1. The van der Waals surface area contributed by atoms with Crippen LogP contribution in [0, 0.1) is 25.7 Å². The first-order valence-corrected chi connectivity index (χ1v) is 7.43. The number of rotatable bonds is 8. The summed E-state index contributed by atoms with van der Waals surface area (Å²) in [7, 11) is 0. The zero-order valence-corrected chi connectivity index (χ0v) is 12.9. The Bertz CT molecular complexity index is 443. The molecular weight excluding hydrogens is 250 g/mol. The fourth-order valence-corrected chi connectivity index (χ4v) is 2.63. The van der Waals surface area contributed by atoms with Crippen molar-refractivity contribution in [2.75, 3.05) is 6.54 Å². The summed E-state index contributed by atoms with van der Waals surface area (Å²) in [4.78, 5) is 11.0. The van der Waals surface area contributed by atoms with Crippen molar-refractivity contribution in [3.05, 3.63) is 34.9 Å². The Morgan fingerprint density at radius 3 is 2.65 bits per heavy atom. The van der Waals surface area contributed by atoms with Crippen LogP contribution >= 0.6 is 0 Å². The average molecular weight is 277 g/mol. The normalized spacial score (nSPS) is 14.0. The number of hydrogen-bond donors (Lipinski definition) is 2. The maximum Gasteiger partial charge on any atom is 0.307 e. The number of benzene rings is 1. The number of carboxylic acids is 1. The van der Waals surface area contributed by atoms with Crippen molar-refractivity contribution in [1.82, 2.24) is 0 Å². The summed E-state index contributed by atoms with van der Waals surface area (Å²) < 4.78 is 0. The van der Waals surface area contributed by atoms with Gasteiger partial charge in [0.15, 0.2) is 0 Å². The van der Waals surface area contributed by atoms with E-state index in [4.69, 9.17) is 10.8 Å². The molecule has 0 aliphatic heterocycles. The molecule has 112 valence electrons. The summed E-state index contributed by atoms with van der Waals surface area (Å²) >= 11 is 0. The lowest BCUT2D eigenvalue weighted by Crippen LogP contribution is -2.25. The van der Waals surface area contributed by atoms with E-state index in [0.717, 1.165) is 19.3 Å². The molecule has 1 rings (SSSR count). The van der Waals surface area contributed by atoms with Crippen molar-refractivity contribution in [1.29, 1.82) is 0 Å². The van der Waals surface area contributed by atoms with Crippen LogP contribution in [0.5, 0.6) is 0 Å². The van der Waals surface area contributed by atoms with Gasteiger partial charge in [0.05, 0.1) is 5.92 Å². The number of carboxylic acid groups (broad SMARTS) is 1. The highest BCUT2D eigenvalue weighted by Gasteiger charge is 2.18.